The molecule has 0 radical (unpaired) electrons. The SMILES string of the molecule is CC1CCC(=O)/C(=C(/O)c2ccc3c(c2Cl)CCS3(=O)=O)C1=O. The summed E-state index contributed by atoms with van der Waals surface area (Å²) in [4.78, 5) is 24.4. The lowest BCUT2D eigenvalue weighted by Crippen LogP contribution is -2.27. The lowest BCUT2D eigenvalue weighted by atomic mass is 9.83. The first kappa shape index (κ1) is 16.2. The summed E-state index contributed by atoms with van der Waals surface area (Å²) in [5, 5.41) is 10.5. The molecule has 1 aromatic rings. The molecular weight excluding hydrogens is 340 g/mol. The predicted molar refractivity (Wildman–Crippen MR) is 85.2 cm³/mol. The van der Waals surface area contributed by atoms with Gasteiger partial charge in [0.25, 0.3) is 0 Å². The van der Waals surface area contributed by atoms with Crippen molar-refractivity contribution < 1.29 is 23.1 Å². The normalized spacial score (nSPS) is 25.4. The smallest absolute Gasteiger partial charge is 0.179 e. The first-order chi connectivity index (χ1) is 10.7. The van der Waals surface area contributed by atoms with E-state index in [4.69, 9.17) is 11.6 Å². The van der Waals surface area contributed by atoms with E-state index in [-0.39, 0.29) is 45.6 Å². The summed E-state index contributed by atoms with van der Waals surface area (Å²) in [6, 6.07) is 2.73. The Bertz CT molecular complexity index is 867. The Kier molecular flexibility index (Phi) is 3.84. The van der Waals surface area contributed by atoms with Crippen LogP contribution in [0.25, 0.3) is 5.76 Å². The number of allylic oxidation sites excluding steroid dienone is 1. The van der Waals surface area contributed by atoms with Gasteiger partial charge in [-0.25, -0.2) is 8.42 Å². The Morgan fingerprint density at radius 1 is 1.26 bits per heavy atom. The van der Waals surface area contributed by atoms with Crippen molar-refractivity contribution in [3.63, 3.8) is 0 Å². The Morgan fingerprint density at radius 2 is 1.96 bits per heavy atom. The van der Waals surface area contributed by atoms with Crippen molar-refractivity contribution in [2.45, 2.75) is 31.1 Å². The zero-order valence-corrected chi connectivity index (χ0v) is 14.0. The molecule has 0 bridgehead atoms. The van der Waals surface area contributed by atoms with Gasteiger partial charge in [0.05, 0.1) is 15.7 Å². The predicted octanol–water partition coefficient (Wildman–Crippen LogP) is 2.51. The van der Waals surface area contributed by atoms with Crippen molar-refractivity contribution in [2.24, 2.45) is 5.92 Å². The van der Waals surface area contributed by atoms with Crippen LogP contribution < -0.4 is 0 Å². The van der Waals surface area contributed by atoms with Crippen molar-refractivity contribution >= 4 is 38.8 Å². The van der Waals surface area contributed by atoms with Crippen LogP contribution in [0.3, 0.4) is 0 Å². The summed E-state index contributed by atoms with van der Waals surface area (Å²) in [5.74, 6) is -1.63. The molecule has 1 aromatic carbocycles. The molecule has 3 rings (SSSR count). The highest BCUT2D eigenvalue weighted by atomic mass is 35.5. The molecule has 0 aromatic heterocycles. The summed E-state index contributed by atoms with van der Waals surface area (Å²) >= 11 is 6.25. The number of benzene rings is 1. The second kappa shape index (κ2) is 5.46. The topological polar surface area (TPSA) is 88.5 Å². The minimum Gasteiger partial charge on any atom is -0.506 e. The van der Waals surface area contributed by atoms with Gasteiger partial charge in [-0.05, 0) is 30.5 Å². The molecule has 2 aliphatic rings. The molecule has 7 heteroatoms. The van der Waals surface area contributed by atoms with Gasteiger partial charge in [0.1, 0.15) is 11.3 Å². The zero-order chi connectivity index (χ0) is 16.9. The van der Waals surface area contributed by atoms with Crippen LogP contribution in [0, 0.1) is 5.92 Å². The van der Waals surface area contributed by atoms with Crippen LogP contribution in [0.15, 0.2) is 22.6 Å². The molecule has 1 heterocycles. The summed E-state index contributed by atoms with van der Waals surface area (Å²) in [5.41, 5.74) is 0.333. The van der Waals surface area contributed by atoms with Crippen LogP contribution in [0.5, 0.6) is 0 Å². The highest BCUT2D eigenvalue weighted by Gasteiger charge is 2.35. The second-order valence-electron chi connectivity index (χ2n) is 5.92. The molecule has 1 N–H and O–H groups in total. The first-order valence-corrected chi connectivity index (χ1v) is 9.32. The average Bonchev–Trinajstić information content (AvgIpc) is 2.80. The number of rotatable bonds is 1. The fourth-order valence-electron chi connectivity index (χ4n) is 3.03. The van der Waals surface area contributed by atoms with Crippen molar-refractivity contribution in [2.75, 3.05) is 5.75 Å². The van der Waals surface area contributed by atoms with Crippen LogP contribution >= 0.6 is 11.6 Å². The number of fused-ring (bicyclic) bond motifs is 1. The van der Waals surface area contributed by atoms with E-state index < -0.39 is 27.2 Å². The van der Waals surface area contributed by atoms with Crippen LogP contribution in [0.1, 0.15) is 30.9 Å². The lowest BCUT2D eigenvalue weighted by Gasteiger charge is -2.20. The molecule has 122 valence electrons. The third-order valence-corrected chi connectivity index (χ3v) is 6.65. The highest BCUT2D eigenvalue weighted by molar-refractivity contribution is 7.91. The minimum atomic E-state index is -3.34. The van der Waals surface area contributed by atoms with Gasteiger partial charge in [0.15, 0.2) is 21.4 Å². The van der Waals surface area contributed by atoms with Gasteiger partial charge in [-0.2, -0.15) is 0 Å². The number of ketones is 2. The van der Waals surface area contributed by atoms with Crippen molar-refractivity contribution in [3.05, 3.63) is 33.9 Å². The number of carbonyl (C=O) groups excluding carboxylic acids is 2. The molecule has 0 amide bonds. The second-order valence-corrected chi connectivity index (χ2v) is 8.38. The summed E-state index contributed by atoms with van der Waals surface area (Å²) in [6.07, 6.45) is 0.916. The summed E-state index contributed by atoms with van der Waals surface area (Å²) in [7, 11) is -3.34. The van der Waals surface area contributed by atoms with Gasteiger partial charge in [-0.15, -0.1) is 0 Å². The van der Waals surface area contributed by atoms with E-state index in [1.165, 1.54) is 12.1 Å². The van der Waals surface area contributed by atoms with Crippen LogP contribution in [0.2, 0.25) is 5.02 Å². The molecule has 1 aliphatic heterocycles. The molecule has 23 heavy (non-hydrogen) atoms. The van der Waals surface area contributed by atoms with Crippen molar-refractivity contribution in [3.8, 4) is 0 Å². The van der Waals surface area contributed by atoms with Gasteiger partial charge >= 0.3 is 0 Å². The number of Topliss-reactive ketones (excluding diaryl/α,β-unsaturated/α-hetero) is 2. The maximum atomic E-state index is 12.2. The average molecular weight is 355 g/mol. The van der Waals surface area contributed by atoms with Crippen molar-refractivity contribution in [1.82, 2.24) is 0 Å². The third-order valence-electron chi connectivity index (χ3n) is 4.43. The van der Waals surface area contributed by atoms with E-state index in [9.17, 15) is 23.1 Å². The zero-order valence-electron chi connectivity index (χ0n) is 12.4. The molecule has 1 fully saturated rings. The van der Waals surface area contributed by atoms with Gasteiger partial charge < -0.3 is 5.11 Å². The number of carbonyl (C=O) groups is 2. The standard InChI is InChI=1S/C16H15ClO5S/c1-8-2-4-11(18)13(15(8)19)16(20)10-3-5-12-9(14(10)17)6-7-23(12,21)22/h3,5,8,20H,2,4,6-7H2,1H3/b16-13-. The van der Waals surface area contributed by atoms with E-state index in [1.54, 1.807) is 6.92 Å². The number of halogens is 1. The summed E-state index contributed by atoms with van der Waals surface area (Å²) in [6.45, 7) is 1.71. The highest BCUT2D eigenvalue weighted by Crippen LogP contribution is 2.38. The lowest BCUT2D eigenvalue weighted by molar-refractivity contribution is -0.126. The molecular formula is C16H15ClO5S. The van der Waals surface area contributed by atoms with E-state index >= 15 is 0 Å². The third kappa shape index (κ3) is 2.50. The largest absolute Gasteiger partial charge is 0.506 e. The van der Waals surface area contributed by atoms with Gasteiger partial charge in [0, 0.05) is 17.9 Å². The minimum absolute atomic E-state index is 0.0300. The molecule has 5 nitrogen and oxygen atoms in total. The van der Waals surface area contributed by atoms with Gasteiger partial charge in [-0.3, -0.25) is 9.59 Å². The Balaban J connectivity index is 2.18. The van der Waals surface area contributed by atoms with E-state index in [0.717, 1.165) is 0 Å². The van der Waals surface area contributed by atoms with Crippen molar-refractivity contribution in [1.29, 1.82) is 0 Å². The maximum Gasteiger partial charge on any atom is 0.179 e. The quantitative estimate of drug-likeness (QED) is 0.475. The molecule has 1 saturated carbocycles. The van der Waals surface area contributed by atoms with E-state index in [1.807, 2.05) is 0 Å². The maximum absolute atomic E-state index is 12.2. The Morgan fingerprint density at radius 3 is 2.65 bits per heavy atom. The number of hydrogen-bond donors (Lipinski definition) is 1. The van der Waals surface area contributed by atoms with Gasteiger partial charge in [0.2, 0.25) is 0 Å². The fourth-order valence-corrected chi connectivity index (χ4v) is 4.98. The first-order valence-electron chi connectivity index (χ1n) is 7.29. The molecule has 0 saturated heterocycles. The Labute approximate surface area is 138 Å². The van der Waals surface area contributed by atoms with Gasteiger partial charge in [-0.1, -0.05) is 18.5 Å². The Hall–Kier alpha value is -1.66. The van der Waals surface area contributed by atoms with Crippen LogP contribution in [-0.2, 0) is 25.8 Å². The van der Waals surface area contributed by atoms with Crippen LogP contribution in [0.4, 0.5) is 0 Å². The summed E-state index contributed by atoms with van der Waals surface area (Å²) < 4.78 is 23.8. The van der Waals surface area contributed by atoms with E-state index in [2.05, 4.69) is 0 Å². The molecule has 1 atom stereocenters. The fraction of sp³-hybridized carbons (Fsp3) is 0.375. The number of aliphatic hydroxyl groups excluding tert-OH is 1. The monoisotopic (exact) mass is 354 g/mol. The van der Waals surface area contributed by atoms with Crippen LogP contribution in [-0.4, -0.2) is 30.8 Å². The number of hydrogen-bond acceptors (Lipinski definition) is 5. The number of aliphatic hydroxyl groups is 1. The molecule has 1 unspecified atom stereocenters. The molecule has 1 aliphatic carbocycles. The van der Waals surface area contributed by atoms with E-state index in [0.29, 0.717) is 12.0 Å². The number of sulfone groups is 1. The molecule has 0 spiro atoms.